The van der Waals surface area contributed by atoms with Crippen molar-refractivity contribution in [2.75, 3.05) is 11.9 Å². The van der Waals surface area contributed by atoms with Gasteiger partial charge in [0.2, 0.25) is 0 Å². The van der Waals surface area contributed by atoms with Crippen LogP contribution in [0.4, 0.5) is 5.82 Å². The van der Waals surface area contributed by atoms with Gasteiger partial charge in [0.15, 0.2) is 0 Å². The van der Waals surface area contributed by atoms with E-state index in [1.807, 2.05) is 19.1 Å². The zero-order valence-electron chi connectivity index (χ0n) is 12.9. The van der Waals surface area contributed by atoms with Gasteiger partial charge in [-0.05, 0) is 50.2 Å². The molecule has 0 unspecified atom stereocenters. The van der Waals surface area contributed by atoms with Crippen LogP contribution in [-0.4, -0.2) is 23.1 Å². The van der Waals surface area contributed by atoms with Crippen molar-refractivity contribution in [1.29, 1.82) is 0 Å². The molecule has 2 rings (SSSR count). The van der Waals surface area contributed by atoms with E-state index in [0.29, 0.717) is 16.4 Å². The molecule has 0 amide bonds. The lowest BCUT2D eigenvalue weighted by molar-refractivity contribution is 0.222. The summed E-state index contributed by atoms with van der Waals surface area (Å²) < 4.78 is 0. The molecule has 1 aliphatic carbocycles. The number of nitrogens with two attached hydrogens (primary N) is 1. The van der Waals surface area contributed by atoms with Crippen LogP contribution >= 0.6 is 12.2 Å². The summed E-state index contributed by atoms with van der Waals surface area (Å²) in [6, 6.07) is 4.52. The van der Waals surface area contributed by atoms with Gasteiger partial charge in [-0.2, -0.15) is 0 Å². The number of thiocarbonyl (C=S) groups is 1. The SMILES string of the molecule is Cc1cc(C(N)=S)cc(N(C)C2CCC(C)(C)CC2)n1. The summed E-state index contributed by atoms with van der Waals surface area (Å²) in [4.78, 5) is 7.37. The molecule has 0 aromatic carbocycles. The summed E-state index contributed by atoms with van der Waals surface area (Å²) in [5.41, 5.74) is 8.11. The van der Waals surface area contributed by atoms with Gasteiger partial charge in [0.1, 0.15) is 10.8 Å². The van der Waals surface area contributed by atoms with Crippen molar-refractivity contribution in [1.82, 2.24) is 4.98 Å². The smallest absolute Gasteiger partial charge is 0.129 e. The van der Waals surface area contributed by atoms with E-state index in [0.717, 1.165) is 17.1 Å². The lowest BCUT2D eigenvalue weighted by Crippen LogP contribution is -2.37. The third kappa shape index (κ3) is 3.48. The van der Waals surface area contributed by atoms with E-state index in [1.165, 1.54) is 25.7 Å². The quantitative estimate of drug-likeness (QED) is 0.866. The monoisotopic (exact) mass is 291 g/mol. The van der Waals surface area contributed by atoms with E-state index in [-0.39, 0.29) is 0 Å². The first-order chi connectivity index (χ1) is 9.28. The minimum Gasteiger partial charge on any atom is -0.389 e. The van der Waals surface area contributed by atoms with Crippen LogP contribution in [-0.2, 0) is 0 Å². The molecule has 2 N–H and O–H groups in total. The molecule has 20 heavy (non-hydrogen) atoms. The molecule has 0 radical (unpaired) electrons. The number of rotatable bonds is 3. The van der Waals surface area contributed by atoms with Crippen LogP contribution < -0.4 is 10.6 Å². The molecule has 1 fully saturated rings. The topological polar surface area (TPSA) is 42.1 Å². The van der Waals surface area contributed by atoms with Gasteiger partial charge in [-0.15, -0.1) is 0 Å². The number of aryl methyl sites for hydroxylation is 1. The average molecular weight is 291 g/mol. The highest BCUT2D eigenvalue weighted by Gasteiger charge is 2.29. The predicted octanol–water partition coefficient (Wildman–Crippen LogP) is 3.43. The average Bonchev–Trinajstić information content (AvgIpc) is 2.37. The van der Waals surface area contributed by atoms with Crippen molar-refractivity contribution in [2.45, 2.75) is 52.5 Å². The molecule has 1 aromatic heterocycles. The maximum atomic E-state index is 5.75. The molecule has 3 nitrogen and oxygen atoms in total. The molecule has 0 saturated heterocycles. The summed E-state index contributed by atoms with van der Waals surface area (Å²) >= 11 is 5.09. The minimum absolute atomic E-state index is 0.440. The maximum absolute atomic E-state index is 5.75. The number of hydrogen-bond donors (Lipinski definition) is 1. The second-order valence-corrected chi connectivity index (χ2v) is 7.17. The molecule has 1 aliphatic rings. The Hall–Kier alpha value is -1.16. The van der Waals surface area contributed by atoms with Crippen molar-refractivity contribution in [3.8, 4) is 0 Å². The first-order valence-electron chi connectivity index (χ1n) is 7.30. The Kier molecular flexibility index (Phi) is 4.33. The molecular weight excluding hydrogens is 266 g/mol. The van der Waals surface area contributed by atoms with Crippen LogP contribution in [0.15, 0.2) is 12.1 Å². The van der Waals surface area contributed by atoms with E-state index < -0.39 is 0 Å². The zero-order valence-corrected chi connectivity index (χ0v) is 13.8. The van der Waals surface area contributed by atoms with E-state index in [1.54, 1.807) is 0 Å². The molecule has 1 saturated carbocycles. The lowest BCUT2D eigenvalue weighted by Gasteiger charge is -2.39. The molecule has 0 atom stereocenters. The number of hydrogen-bond acceptors (Lipinski definition) is 3. The number of aromatic nitrogens is 1. The van der Waals surface area contributed by atoms with Crippen molar-refractivity contribution in [3.05, 3.63) is 23.4 Å². The number of pyridine rings is 1. The summed E-state index contributed by atoms with van der Waals surface area (Å²) in [5, 5.41) is 0. The van der Waals surface area contributed by atoms with E-state index >= 15 is 0 Å². The van der Waals surface area contributed by atoms with Crippen LogP contribution in [0.25, 0.3) is 0 Å². The zero-order chi connectivity index (χ0) is 14.9. The van der Waals surface area contributed by atoms with E-state index in [9.17, 15) is 0 Å². The standard InChI is InChI=1S/C16H25N3S/c1-11-9-12(15(17)20)10-14(18-11)19(4)13-5-7-16(2,3)8-6-13/h9-10,13H,5-8H2,1-4H3,(H2,17,20). The first kappa shape index (κ1) is 15.2. The highest BCUT2D eigenvalue weighted by Crippen LogP contribution is 2.37. The molecule has 4 heteroatoms. The Balaban J connectivity index is 2.17. The van der Waals surface area contributed by atoms with Crippen LogP contribution in [0.2, 0.25) is 0 Å². The fourth-order valence-corrected chi connectivity index (χ4v) is 3.05. The highest BCUT2D eigenvalue weighted by atomic mass is 32.1. The minimum atomic E-state index is 0.440. The summed E-state index contributed by atoms with van der Waals surface area (Å²) in [7, 11) is 2.13. The first-order valence-corrected chi connectivity index (χ1v) is 7.71. The van der Waals surface area contributed by atoms with Gasteiger partial charge in [0.25, 0.3) is 0 Å². The molecule has 0 spiro atoms. The number of anilines is 1. The van der Waals surface area contributed by atoms with Crippen molar-refractivity contribution >= 4 is 23.0 Å². The largest absolute Gasteiger partial charge is 0.389 e. The van der Waals surface area contributed by atoms with Crippen LogP contribution in [0.3, 0.4) is 0 Å². The van der Waals surface area contributed by atoms with Crippen LogP contribution in [0.1, 0.15) is 50.8 Å². The summed E-state index contributed by atoms with van der Waals surface area (Å²) in [6.45, 7) is 6.71. The van der Waals surface area contributed by atoms with Crippen molar-refractivity contribution < 1.29 is 0 Å². The Labute approximate surface area is 127 Å². The lowest BCUT2D eigenvalue weighted by atomic mass is 9.75. The Morgan fingerprint density at radius 2 is 1.95 bits per heavy atom. The number of nitrogens with zero attached hydrogens (tertiary/aromatic N) is 2. The Morgan fingerprint density at radius 3 is 2.50 bits per heavy atom. The van der Waals surface area contributed by atoms with Crippen LogP contribution in [0, 0.1) is 12.3 Å². The van der Waals surface area contributed by atoms with E-state index in [2.05, 4.69) is 30.8 Å². The fraction of sp³-hybridized carbons (Fsp3) is 0.625. The summed E-state index contributed by atoms with van der Waals surface area (Å²) in [6.07, 6.45) is 5.00. The predicted molar refractivity (Wildman–Crippen MR) is 89.3 cm³/mol. The summed E-state index contributed by atoms with van der Waals surface area (Å²) in [5.74, 6) is 0.984. The van der Waals surface area contributed by atoms with Gasteiger partial charge in [0, 0.05) is 24.3 Å². The van der Waals surface area contributed by atoms with Gasteiger partial charge >= 0.3 is 0 Å². The fourth-order valence-electron chi connectivity index (χ4n) is 2.93. The van der Waals surface area contributed by atoms with Gasteiger partial charge in [0.05, 0.1) is 0 Å². The maximum Gasteiger partial charge on any atom is 0.129 e. The van der Waals surface area contributed by atoms with Crippen molar-refractivity contribution in [3.63, 3.8) is 0 Å². The normalized spacial score (nSPS) is 18.8. The van der Waals surface area contributed by atoms with Gasteiger partial charge in [-0.3, -0.25) is 0 Å². The van der Waals surface area contributed by atoms with Gasteiger partial charge in [-0.25, -0.2) is 4.98 Å². The molecular formula is C16H25N3S. The van der Waals surface area contributed by atoms with E-state index in [4.69, 9.17) is 18.0 Å². The third-order valence-corrected chi connectivity index (χ3v) is 4.68. The molecule has 0 bridgehead atoms. The second kappa shape index (κ2) is 5.68. The van der Waals surface area contributed by atoms with Crippen LogP contribution in [0.5, 0.6) is 0 Å². The third-order valence-electron chi connectivity index (χ3n) is 4.44. The molecule has 1 heterocycles. The Bertz CT molecular complexity index is 500. The molecule has 110 valence electrons. The van der Waals surface area contributed by atoms with Crippen molar-refractivity contribution in [2.24, 2.45) is 11.1 Å². The highest BCUT2D eigenvalue weighted by molar-refractivity contribution is 7.80. The second-order valence-electron chi connectivity index (χ2n) is 6.73. The van der Waals surface area contributed by atoms with Gasteiger partial charge < -0.3 is 10.6 Å². The molecule has 0 aliphatic heterocycles. The van der Waals surface area contributed by atoms with Gasteiger partial charge in [-0.1, -0.05) is 26.1 Å². The molecule has 1 aromatic rings. The Morgan fingerprint density at radius 1 is 1.35 bits per heavy atom.